The number of phenolic OH excluding ortho intramolecular Hbond substituents is 2. The molecule has 2 N–H and O–H groups in total. The first kappa shape index (κ1) is 27.0. The van der Waals surface area contributed by atoms with Gasteiger partial charge in [-0.2, -0.15) is 5.11 Å². The minimum Gasteiger partial charge on any atom is -0.507 e. The predicted octanol–water partition coefficient (Wildman–Crippen LogP) is 7.60. The van der Waals surface area contributed by atoms with Crippen LogP contribution in [0.5, 0.6) is 23.0 Å². The standard InChI is InChI=1S/C35H31N3O4/c1-41-34-24-9-4-11-26(34)17-28-19-31(38-37-30-13-6-14-36-21-30)20-29(33(28)40)18-27-12-5-10-25(35(27)42-2)16-23-8-3-7-22(15-24)32(23)39/h3-14,19-21,39-40H,15-18H2,1-2H3. The third-order valence-corrected chi connectivity index (χ3v) is 7.67. The highest BCUT2D eigenvalue weighted by atomic mass is 16.5. The van der Waals surface area contributed by atoms with E-state index in [2.05, 4.69) is 15.2 Å². The zero-order valence-electron chi connectivity index (χ0n) is 23.5. The maximum atomic E-state index is 11.6. The Hall–Kier alpha value is -5.17. The zero-order chi connectivity index (χ0) is 29.1. The smallest absolute Gasteiger partial charge is 0.125 e. The number of fused-ring (bicyclic) bond motifs is 8. The van der Waals surface area contributed by atoms with Gasteiger partial charge in [-0.15, -0.1) is 5.11 Å². The Bertz CT molecular complexity index is 1680. The minimum absolute atomic E-state index is 0.199. The van der Waals surface area contributed by atoms with Crippen LogP contribution in [0.2, 0.25) is 0 Å². The molecular weight excluding hydrogens is 526 g/mol. The van der Waals surface area contributed by atoms with Crippen molar-refractivity contribution in [2.45, 2.75) is 25.7 Å². The molecule has 7 heteroatoms. The Labute approximate surface area is 244 Å². The van der Waals surface area contributed by atoms with Gasteiger partial charge in [-0.3, -0.25) is 4.98 Å². The molecule has 42 heavy (non-hydrogen) atoms. The number of phenols is 2. The van der Waals surface area contributed by atoms with Crippen LogP contribution in [0.4, 0.5) is 11.4 Å². The molecule has 1 aromatic heterocycles. The molecule has 7 nitrogen and oxygen atoms in total. The molecule has 6 rings (SSSR count). The summed E-state index contributed by atoms with van der Waals surface area (Å²) in [5.41, 5.74) is 8.01. The maximum Gasteiger partial charge on any atom is 0.125 e. The number of pyridine rings is 1. The van der Waals surface area contributed by atoms with Crippen molar-refractivity contribution in [2.24, 2.45) is 10.2 Å². The van der Waals surface area contributed by atoms with Gasteiger partial charge < -0.3 is 19.7 Å². The van der Waals surface area contributed by atoms with Crippen LogP contribution < -0.4 is 9.47 Å². The maximum absolute atomic E-state index is 11.6. The van der Waals surface area contributed by atoms with E-state index in [1.54, 1.807) is 26.6 Å². The lowest BCUT2D eigenvalue weighted by Gasteiger charge is -2.19. The quantitative estimate of drug-likeness (QED) is 0.218. The molecule has 0 saturated carbocycles. The second-order valence-electron chi connectivity index (χ2n) is 10.4. The Kier molecular flexibility index (Phi) is 7.56. The Morgan fingerprint density at radius 1 is 0.548 bits per heavy atom. The van der Waals surface area contributed by atoms with Crippen LogP contribution in [0.3, 0.4) is 0 Å². The number of aromatic hydroxyl groups is 2. The lowest BCUT2D eigenvalue weighted by molar-refractivity contribution is 0.404. The molecule has 0 spiro atoms. The topological polar surface area (TPSA) is 96.5 Å². The monoisotopic (exact) mass is 557 g/mol. The van der Waals surface area contributed by atoms with Crippen LogP contribution in [-0.2, 0) is 25.7 Å². The van der Waals surface area contributed by atoms with Gasteiger partial charge in [0, 0.05) is 43.0 Å². The number of aromatic nitrogens is 1. The molecular formula is C35H31N3O4. The Morgan fingerprint density at radius 3 is 1.43 bits per heavy atom. The highest BCUT2D eigenvalue weighted by Crippen LogP contribution is 2.39. The number of hydrogen-bond acceptors (Lipinski definition) is 7. The second kappa shape index (κ2) is 11.7. The van der Waals surface area contributed by atoms with E-state index in [-0.39, 0.29) is 11.5 Å². The van der Waals surface area contributed by atoms with Crippen molar-refractivity contribution in [2.75, 3.05) is 14.2 Å². The van der Waals surface area contributed by atoms with Gasteiger partial charge in [-0.25, -0.2) is 0 Å². The average Bonchev–Trinajstić information content (AvgIpc) is 3.00. The number of methoxy groups -OCH3 is 2. The van der Waals surface area contributed by atoms with E-state index in [0.29, 0.717) is 48.2 Å². The summed E-state index contributed by atoms with van der Waals surface area (Å²) < 4.78 is 11.8. The summed E-state index contributed by atoms with van der Waals surface area (Å²) in [6.45, 7) is 0. The van der Waals surface area contributed by atoms with Crippen LogP contribution in [0.1, 0.15) is 44.5 Å². The van der Waals surface area contributed by atoms with Gasteiger partial charge in [0.25, 0.3) is 0 Å². The number of ether oxygens (including phenoxy) is 2. The highest BCUT2D eigenvalue weighted by Gasteiger charge is 2.20. The van der Waals surface area contributed by atoms with E-state index in [1.165, 1.54) is 0 Å². The van der Waals surface area contributed by atoms with E-state index in [1.807, 2.05) is 78.9 Å². The molecule has 4 aromatic carbocycles. The lowest BCUT2D eigenvalue weighted by Crippen LogP contribution is -2.04. The molecule has 0 fully saturated rings. The number of azo groups is 1. The van der Waals surface area contributed by atoms with E-state index in [0.717, 1.165) is 44.9 Å². The number of nitrogens with zero attached hydrogens (tertiary/aromatic N) is 3. The van der Waals surface area contributed by atoms with Crippen molar-refractivity contribution in [3.05, 3.63) is 136 Å². The summed E-state index contributed by atoms with van der Waals surface area (Å²) in [7, 11) is 3.30. The van der Waals surface area contributed by atoms with Crippen LogP contribution in [0.25, 0.3) is 0 Å². The Balaban J connectivity index is 1.55. The number of rotatable bonds is 4. The van der Waals surface area contributed by atoms with Gasteiger partial charge in [0.2, 0.25) is 0 Å². The van der Waals surface area contributed by atoms with Crippen molar-refractivity contribution in [3.63, 3.8) is 0 Å². The molecule has 1 heterocycles. The van der Waals surface area contributed by atoms with E-state index in [9.17, 15) is 10.2 Å². The molecule has 1 aliphatic rings. The predicted molar refractivity (Wildman–Crippen MR) is 162 cm³/mol. The van der Waals surface area contributed by atoms with E-state index < -0.39 is 0 Å². The first-order chi connectivity index (χ1) is 20.5. The third-order valence-electron chi connectivity index (χ3n) is 7.67. The van der Waals surface area contributed by atoms with Crippen molar-refractivity contribution >= 4 is 11.4 Å². The number of hydrogen-bond donors (Lipinski definition) is 2. The fraction of sp³-hybridized carbons (Fsp3) is 0.171. The third kappa shape index (κ3) is 5.41. The van der Waals surface area contributed by atoms with Crippen LogP contribution >= 0.6 is 0 Å². The van der Waals surface area contributed by atoms with Crippen molar-refractivity contribution < 1.29 is 19.7 Å². The van der Waals surface area contributed by atoms with Crippen LogP contribution in [0.15, 0.2) is 101 Å². The van der Waals surface area contributed by atoms with Gasteiger partial charge in [0.15, 0.2) is 0 Å². The molecule has 0 unspecified atom stereocenters. The number of benzene rings is 4. The normalized spacial score (nSPS) is 12.7. The SMILES string of the molecule is COc1c2cccc1Cc1cc(N=Nc3cccnc3)cc(c1O)Cc1cccc(c1OC)Cc1cccc(c1O)C2. The number of para-hydroxylation sites is 3. The molecule has 0 saturated heterocycles. The second-order valence-corrected chi connectivity index (χ2v) is 10.4. The minimum atomic E-state index is 0.199. The van der Waals surface area contributed by atoms with Crippen molar-refractivity contribution in [3.8, 4) is 23.0 Å². The van der Waals surface area contributed by atoms with Gasteiger partial charge >= 0.3 is 0 Å². The average molecular weight is 558 g/mol. The van der Waals surface area contributed by atoms with E-state index >= 15 is 0 Å². The largest absolute Gasteiger partial charge is 0.507 e. The first-order valence-corrected chi connectivity index (χ1v) is 13.8. The summed E-state index contributed by atoms with van der Waals surface area (Å²) in [4.78, 5) is 4.12. The summed E-state index contributed by atoms with van der Waals surface area (Å²) in [5.74, 6) is 1.93. The fourth-order valence-electron chi connectivity index (χ4n) is 5.71. The highest BCUT2D eigenvalue weighted by molar-refractivity contribution is 5.59. The van der Waals surface area contributed by atoms with Crippen molar-refractivity contribution in [1.82, 2.24) is 4.98 Å². The molecule has 0 aliphatic heterocycles. The van der Waals surface area contributed by atoms with Gasteiger partial charge in [-0.05, 0) is 57.6 Å². The molecule has 0 amide bonds. The summed E-state index contributed by atoms with van der Waals surface area (Å²) in [5, 5.41) is 31.8. The van der Waals surface area contributed by atoms with Gasteiger partial charge in [0.05, 0.1) is 26.1 Å². The summed E-state index contributed by atoms with van der Waals surface area (Å²) in [6, 6.07) is 25.2. The molecule has 0 atom stereocenters. The molecule has 1 aliphatic carbocycles. The van der Waals surface area contributed by atoms with Gasteiger partial charge in [-0.1, -0.05) is 54.6 Å². The summed E-state index contributed by atoms with van der Waals surface area (Å²) >= 11 is 0. The van der Waals surface area contributed by atoms with Crippen LogP contribution in [0, 0.1) is 0 Å². The van der Waals surface area contributed by atoms with Crippen LogP contribution in [-0.4, -0.2) is 29.4 Å². The molecule has 5 aromatic rings. The van der Waals surface area contributed by atoms with Gasteiger partial charge in [0.1, 0.15) is 28.7 Å². The van der Waals surface area contributed by atoms with Crippen molar-refractivity contribution in [1.29, 1.82) is 0 Å². The molecule has 8 bridgehead atoms. The molecule has 210 valence electrons. The fourth-order valence-corrected chi connectivity index (χ4v) is 5.71. The Morgan fingerprint density at radius 2 is 0.976 bits per heavy atom. The van der Waals surface area contributed by atoms with E-state index in [4.69, 9.17) is 9.47 Å². The first-order valence-electron chi connectivity index (χ1n) is 13.8. The zero-order valence-corrected chi connectivity index (χ0v) is 23.5. The molecule has 0 radical (unpaired) electrons. The lowest BCUT2D eigenvalue weighted by atomic mass is 9.91. The summed E-state index contributed by atoms with van der Waals surface area (Å²) in [6.07, 6.45) is 5.14.